The zero-order valence-corrected chi connectivity index (χ0v) is 13.6. The fourth-order valence-corrected chi connectivity index (χ4v) is 2.90. The highest BCUT2D eigenvalue weighted by Crippen LogP contribution is 2.16. The molecular weight excluding hydrogens is 260 g/mol. The summed E-state index contributed by atoms with van der Waals surface area (Å²) in [7, 11) is 0. The summed E-state index contributed by atoms with van der Waals surface area (Å²) in [6, 6.07) is 9.06. The van der Waals surface area contributed by atoms with Gasteiger partial charge in [-0.1, -0.05) is 31.2 Å². The van der Waals surface area contributed by atoms with E-state index >= 15 is 0 Å². The number of piperidine rings is 1. The predicted octanol–water partition coefficient (Wildman–Crippen LogP) is 3.19. The van der Waals surface area contributed by atoms with Crippen molar-refractivity contribution in [3.8, 4) is 0 Å². The van der Waals surface area contributed by atoms with E-state index in [1.807, 2.05) is 0 Å². The average Bonchev–Trinajstić information content (AvgIpc) is 2.51. The Balaban J connectivity index is 1.73. The van der Waals surface area contributed by atoms with E-state index in [4.69, 9.17) is 4.74 Å². The van der Waals surface area contributed by atoms with Crippen LogP contribution in [0.5, 0.6) is 0 Å². The van der Waals surface area contributed by atoms with Gasteiger partial charge in [0.2, 0.25) is 0 Å². The largest absolute Gasteiger partial charge is 0.378 e. The number of nitrogens with one attached hydrogen (secondary N) is 1. The van der Waals surface area contributed by atoms with Gasteiger partial charge in [0.1, 0.15) is 0 Å². The van der Waals surface area contributed by atoms with Crippen molar-refractivity contribution in [2.24, 2.45) is 0 Å². The molecule has 1 aliphatic rings. The molecule has 1 fully saturated rings. The second-order valence-corrected chi connectivity index (χ2v) is 5.92. The Morgan fingerprint density at radius 3 is 2.38 bits per heavy atom. The van der Waals surface area contributed by atoms with Gasteiger partial charge < -0.3 is 10.1 Å². The molecule has 21 heavy (non-hydrogen) atoms. The predicted molar refractivity (Wildman–Crippen MR) is 88.4 cm³/mol. The van der Waals surface area contributed by atoms with Gasteiger partial charge in [-0.05, 0) is 43.9 Å². The van der Waals surface area contributed by atoms with Crippen molar-refractivity contribution in [2.75, 3.05) is 26.2 Å². The highest BCUT2D eigenvalue weighted by molar-refractivity contribution is 5.22. The lowest BCUT2D eigenvalue weighted by Crippen LogP contribution is -2.36. The zero-order chi connectivity index (χ0) is 14.9. The number of rotatable bonds is 8. The molecule has 1 aromatic carbocycles. The summed E-state index contributed by atoms with van der Waals surface area (Å²) < 4.78 is 5.71. The van der Waals surface area contributed by atoms with Gasteiger partial charge >= 0.3 is 0 Å². The first-order valence-electron chi connectivity index (χ1n) is 8.44. The molecule has 1 saturated heterocycles. The van der Waals surface area contributed by atoms with E-state index in [-0.39, 0.29) is 0 Å². The molecule has 0 atom stereocenters. The minimum absolute atomic E-state index is 0.485. The molecule has 2 rings (SSSR count). The number of benzene rings is 1. The van der Waals surface area contributed by atoms with Crippen LogP contribution >= 0.6 is 0 Å². The third-order valence-corrected chi connectivity index (χ3v) is 4.12. The quantitative estimate of drug-likeness (QED) is 0.744. The lowest BCUT2D eigenvalue weighted by atomic mass is 10.1. The molecule has 0 spiro atoms. The second kappa shape index (κ2) is 9.19. The molecule has 3 heteroatoms. The number of likely N-dealkylation sites (tertiary alicyclic amines) is 1. The zero-order valence-electron chi connectivity index (χ0n) is 13.6. The van der Waals surface area contributed by atoms with Crippen LogP contribution in [-0.2, 0) is 17.8 Å². The van der Waals surface area contributed by atoms with Crippen LogP contribution in [0.3, 0.4) is 0 Å². The highest BCUT2D eigenvalue weighted by atomic mass is 16.5. The molecular formula is C18H30N2O. The summed E-state index contributed by atoms with van der Waals surface area (Å²) in [5.74, 6) is 0. The lowest BCUT2D eigenvalue weighted by molar-refractivity contribution is 0.0125. The fraction of sp³-hybridized carbons (Fsp3) is 0.667. The minimum atomic E-state index is 0.485. The SMILES string of the molecule is CCCNCc1ccc(CN2CCC(OCC)CC2)cc1. The van der Waals surface area contributed by atoms with Crippen molar-refractivity contribution in [3.63, 3.8) is 0 Å². The smallest absolute Gasteiger partial charge is 0.0599 e. The Bertz CT molecular complexity index is 383. The first kappa shape index (κ1) is 16.5. The summed E-state index contributed by atoms with van der Waals surface area (Å²) in [5, 5.41) is 3.44. The summed E-state index contributed by atoms with van der Waals surface area (Å²) in [6.45, 7) is 10.6. The molecule has 1 aliphatic heterocycles. The Kier molecular flexibility index (Phi) is 7.20. The number of hydrogen-bond donors (Lipinski definition) is 1. The summed E-state index contributed by atoms with van der Waals surface area (Å²) in [4.78, 5) is 2.54. The maximum Gasteiger partial charge on any atom is 0.0599 e. The van der Waals surface area contributed by atoms with Gasteiger partial charge in [-0.25, -0.2) is 0 Å². The van der Waals surface area contributed by atoms with Crippen LogP contribution in [0, 0.1) is 0 Å². The van der Waals surface area contributed by atoms with E-state index in [9.17, 15) is 0 Å². The van der Waals surface area contributed by atoms with Crippen molar-refractivity contribution in [3.05, 3.63) is 35.4 Å². The van der Waals surface area contributed by atoms with Gasteiger partial charge in [0, 0.05) is 32.8 Å². The molecule has 0 aliphatic carbocycles. The van der Waals surface area contributed by atoms with Crippen LogP contribution in [0.1, 0.15) is 44.2 Å². The van der Waals surface area contributed by atoms with Crippen LogP contribution < -0.4 is 5.32 Å². The molecule has 0 aromatic heterocycles. The summed E-state index contributed by atoms with van der Waals surface area (Å²) >= 11 is 0. The topological polar surface area (TPSA) is 24.5 Å². The summed E-state index contributed by atoms with van der Waals surface area (Å²) in [6.07, 6.45) is 4.02. The fourth-order valence-electron chi connectivity index (χ4n) is 2.90. The lowest BCUT2D eigenvalue weighted by Gasteiger charge is -2.31. The number of nitrogens with zero attached hydrogens (tertiary/aromatic N) is 1. The van der Waals surface area contributed by atoms with Crippen LogP contribution in [0.2, 0.25) is 0 Å². The van der Waals surface area contributed by atoms with Gasteiger partial charge in [-0.3, -0.25) is 4.90 Å². The van der Waals surface area contributed by atoms with E-state index in [2.05, 4.69) is 48.3 Å². The molecule has 0 saturated carbocycles. The molecule has 0 radical (unpaired) electrons. The second-order valence-electron chi connectivity index (χ2n) is 5.92. The van der Waals surface area contributed by atoms with Crippen LogP contribution in [0.25, 0.3) is 0 Å². The molecule has 3 nitrogen and oxygen atoms in total. The van der Waals surface area contributed by atoms with Crippen LogP contribution in [0.15, 0.2) is 24.3 Å². The number of ether oxygens (including phenoxy) is 1. The highest BCUT2D eigenvalue weighted by Gasteiger charge is 2.18. The van der Waals surface area contributed by atoms with E-state index in [1.165, 1.54) is 30.4 Å². The van der Waals surface area contributed by atoms with Crippen LogP contribution in [-0.4, -0.2) is 37.2 Å². The van der Waals surface area contributed by atoms with E-state index in [0.717, 1.165) is 39.3 Å². The van der Waals surface area contributed by atoms with Gasteiger partial charge in [0.05, 0.1) is 6.10 Å². The maximum absolute atomic E-state index is 5.71. The Hall–Kier alpha value is -0.900. The molecule has 118 valence electrons. The van der Waals surface area contributed by atoms with Crippen molar-refractivity contribution < 1.29 is 4.74 Å². The molecule has 0 bridgehead atoms. The molecule has 1 N–H and O–H groups in total. The first-order chi connectivity index (χ1) is 10.3. The van der Waals surface area contributed by atoms with Crippen molar-refractivity contribution in [1.82, 2.24) is 10.2 Å². The Morgan fingerprint density at radius 1 is 1.10 bits per heavy atom. The average molecular weight is 290 g/mol. The molecule has 0 unspecified atom stereocenters. The summed E-state index contributed by atoms with van der Waals surface area (Å²) in [5.41, 5.74) is 2.80. The van der Waals surface area contributed by atoms with Crippen molar-refractivity contribution in [2.45, 2.75) is 52.3 Å². The maximum atomic E-state index is 5.71. The van der Waals surface area contributed by atoms with Crippen molar-refractivity contribution in [1.29, 1.82) is 0 Å². The van der Waals surface area contributed by atoms with Gasteiger partial charge in [-0.15, -0.1) is 0 Å². The first-order valence-corrected chi connectivity index (χ1v) is 8.44. The van der Waals surface area contributed by atoms with E-state index in [0.29, 0.717) is 6.10 Å². The Labute approximate surface area is 129 Å². The minimum Gasteiger partial charge on any atom is -0.378 e. The molecule has 1 aromatic rings. The van der Waals surface area contributed by atoms with Gasteiger partial charge in [0.15, 0.2) is 0 Å². The van der Waals surface area contributed by atoms with Gasteiger partial charge in [-0.2, -0.15) is 0 Å². The standard InChI is InChI=1S/C18H30N2O/c1-3-11-19-14-16-5-7-17(8-6-16)15-20-12-9-18(10-13-20)21-4-2/h5-8,18-19H,3-4,9-15H2,1-2H3. The number of hydrogen-bond acceptors (Lipinski definition) is 3. The third kappa shape index (κ3) is 5.77. The third-order valence-electron chi connectivity index (χ3n) is 4.12. The van der Waals surface area contributed by atoms with Crippen molar-refractivity contribution >= 4 is 0 Å². The van der Waals surface area contributed by atoms with E-state index in [1.54, 1.807) is 0 Å². The van der Waals surface area contributed by atoms with E-state index < -0.39 is 0 Å². The normalized spacial score (nSPS) is 17.2. The van der Waals surface area contributed by atoms with Crippen LogP contribution in [0.4, 0.5) is 0 Å². The molecule has 0 amide bonds. The Morgan fingerprint density at radius 2 is 1.76 bits per heavy atom. The molecule has 1 heterocycles. The monoisotopic (exact) mass is 290 g/mol. The van der Waals surface area contributed by atoms with Gasteiger partial charge in [0.25, 0.3) is 0 Å².